The second-order valence-corrected chi connectivity index (χ2v) is 5.63. The van der Waals surface area contributed by atoms with Crippen molar-refractivity contribution in [1.82, 2.24) is 4.90 Å². The van der Waals surface area contributed by atoms with Gasteiger partial charge in [0.25, 0.3) is 0 Å². The Morgan fingerprint density at radius 3 is 2.62 bits per heavy atom. The van der Waals surface area contributed by atoms with Crippen molar-refractivity contribution in [1.29, 1.82) is 0 Å². The van der Waals surface area contributed by atoms with Gasteiger partial charge >= 0.3 is 12.3 Å². The minimum atomic E-state index is -4.76. The summed E-state index contributed by atoms with van der Waals surface area (Å²) < 4.78 is 50.1. The first-order valence-electron chi connectivity index (χ1n) is 7.81. The quantitative estimate of drug-likeness (QED) is 0.763. The summed E-state index contributed by atoms with van der Waals surface area (Å²) in [5.41, 5.74) is 0.351. The lowest BCUT2D eigenvalue weighted by Crippen LogP contribution is -2.46. The van der Waals surface area contributed by atoms with Gasteiger partial charge < -0.3 is 19.5 Å². The minimum absolute atomic E-state index is 0.0713. The molecule has 1 fully saturated rings. The minimum Gasteiger partial charge on any atom is -0.469 e. The van der Waals surface area contributed by atoms with Crippen molar-refractivity contribution in [2.45, 2.75) is 18.9 Å². The molecular formula is C16H19F3N2O5. The fourth-order valence-corrected chi connectivity index (χ4v) is 2.46. The highest BCUT2D eigenvalue weighted by molar-refractivity contribution is 5.92. The molecule has 1 N–H and O–H groups in total. The summed E-state index contributed by atoms with van der Waals surface area (Å²) in [6.45, 7) is 1.39. The predicted molar refractivity (Wildman–Crippen MR) is 84.6 cm³/mol. The Bertz CT molecular complexity index is 621. The second kappa shape index (κ2) is 8.86. The normalized spacial score (nSPS) is 18.2. The van der Waals surface area contributed by atoms with Gasteiger partial charge in [-0.05, 0) is 24.3 Å². The molecule has 1 saturated heterocycles. The van der Waals surface area contributed by atoms with E-state index in [0.29, 0.717) is 25.4 Å². The number of amides is 1. The van der Waals surface area contributed by atoms with Gasteiger partial charge in [-0.2, -0.15) is 0 Å². The molecule has 10 heteroatoms. The van der Waals surface area contributed by atoms with Crippen LogP contribution in [0.25, 0.3) is 0 Å². The number of hydrogen-bond acceptors (Lipinski definition) is 6. The standard InChI is InChI=1S/C16H19F3N2O5/c1-24-15(23)8-13-9-21(6-7-25-13)10-14(22)20-11-2-4-12(5-3-11)26-16(17,18)19/h2-5,13H,6-10H2,1H3,(H,20,22)/t13-/m0/s1. The van der Waals surface area contributed by atoms with Crippen LogP contribution in [0.5, 0.6) is 5.75 Å². The smallest absolute Gasteiger partial charge is 0.469 e. The Morgan fingerprint density at radius 1 is 1.31 bits per heavy atom. The number of carbonyl (C=O) groups excluding carboxylic acids is 2. The fraction of sp³-hybridized carbons (Fsp3) is 0.500. The number of carbonyl (C=O) groups is 2. The molecule has 0 spiro atoms. The van der Waals surface area contributed by atoms with Gasteiger partial charge in [0.15, 0.2) is 0 Å². The first-order valence-corrected chi connectivity index (χ1v) is 7.81. The molecule has 0 aliphatic carbocycles. The van der Waals surface area contributed by atoms with E-state index in [1.54, 1.807) is 0 Å². The predicted octanol–water partition coefficient (Wildman–Crippen LogP) is 1.79. The molecule has 1 aliphatic rings. The molecule has 1 aliphatic heterocycles. The van der Waals surface area contributed by atoms with Crippen LogP contribution in [0.2, 0.25) is 0 Å². The molecule has 1 amide bonds. The highest BCUT2D eigenvalue weighted by Crippen LogP contribution is 2.24. The molecule has 1 aromatic carbocycles. The van der Waals surface area contributed by atoms with Gasteiger partial charge in [-0.15, -0.1) is 13.2 Å². The Balaban J connectivity index is 1.81. The highest BCUT2D eigenvalue weighted by Gasteiger charge is 2.31. The zero-order chi connectivity index (χ0) is 19.2. The molecule has 1 aromatic rings. The molecule has 7 nitrogen and oxygen atoms in total. The largest absolute Gasteiger partial charge is 0.573 e. The molecule has 0 unspecified atom stereocenters. The summed E-state index contributed by atoms with van der Waals surface area (Å²) in [5, 5.41) is 2.60. The van der Waals surface area contributed by atoms with E-state index in [-0.39, 0.29) is 36.7 Å². The summed E-state index contributed by atoms with van der Waals surface area (Å²) in [6, 6.07) is 4.87. The maximum absolute atomic E-state index is 12.1. The third kappa shape index (κ3) is 6.89. The number of hydrogen-bond donors (Lipinski definition) is 1. The number of nitrogens with one attached hydrogen (secondary N) is 1. The zero-order valence-corrected chi connectivity index (χ0v) is 14.0. The summed E-state index contributed by atoms with van der Waals surface area (Å²) in [4.78, 5) is 25.2. The van der Waals surface area contributed by atoms with Crippen molar-refractivity contribution in [2.24, 2.45) is 0 Å². The van der Waals surface area contributed by atoms with Gasteiger partial charge in [0.1, 0.15) is 5.75 Å². The van der Waals surface area contributed by atoms with Crippen LogP contribution in [-0.2, 0) is 19.1 Å². The number of benzene rings is 1. The van der Waals surface area contributed by atoms with E-state index in [1.807, 2.05) is 4.90 Å². The van der Waals surface area contributed by atoms with Crippen molar-refractivity contribution in [3.63, 3.8) is 0 Å². The Morgan fingerprint density at radius 2 is 2.00 bits per heavy atom. The van der Waals surface area contributed by atoms with Crippen LogP contribution in [-0.4, -0.2) is 62.6 Å². The summed E-state index contributed by atoms with van der Waals surface area (Å²) in [6.07, 6.45) is -5.00. The van der Waals surface area contributed by atoms with Gasteiger partial charge in [-0.1, -0.05) is 0 Å². The van der Waals surface area contributed by atoms with Crippen LogP contribution in [0.4, 0.5) is 18.9 Å². The number of esters is 1. The maximum atomic E-state index is 12.1. The van der Waals surface area contributed by atoms with Crippen molar-refractivity contribution in [3.05, 3.63) is 24.3 Å². The van der Waals surface area contributed by atoms with Gasteiger partial charge in [-0.3, -0.25) is 14.5 Å². The molecule has 1 heterocycles. The van der Waals surface area contributed by atoms with E-state index in [2.05, 4.69) is 14.8 Å². The van der Waals surface area contributed by atoms with Crippen LogP contribution < -0.4 is 10.1 Å². The van der Waals surface area contributed by atoms with E-state index in [9.17, 15) is 22.8 Å². The Kier molecular flexibility index (Phi) is 6.81. The molecule has 0 aromatic heterocycles. The SMILES string of the molecule is COC(=O)C[C@H]1CN(CC(=O)Nc2ccc(OC(F)(F)F)cc2)CCO1. The van der Waals surface area contributed by atoms with Crippen LogP contribution in [0.1, 0.15) is 6.42 Å². The summed E-state index contributed by atoms with van der Waals surface area (Å²) in [5.74, 6) is -1.08. The number of methoxy groups -OCH3 is 1. The number of alkyl halides is 3. The van der Waals surface area contributed by atoms with E-state index in [0.717, 1.165) is 12.1 Å². The molecule has 0 radical (unpaired) electrons. The average molecular weight is 376 g/mol. The molecule has 144 valence electrons. The Hall–Kier alpha value is -2.33. The van der Waals surface area contributed by atoms with Gasteiger partial charge in [0.2, 0.25) is 5.91 Å². The third-order valence-electron chi connectivity index (χ3n) is 3.58. The lowest BCUT2D eigenvalue weighted by molar-refractivity contribution is -0.274. The third-order valence-corrected chi connectivity index (χ3v) is 3.58. The first-order chi connectivity index (χ1) is 12.2. The zero-order valence-electron chi connectivity index (χ0n) is 14.0. The maximum Gasteiger partial charge on any atom is 0.573 e. The molecule has 1 atom stereocenters. The number of ether oxygens (including phenoxy) is 3. The first kappa shape index (κ1) is 20.0. The highest BCUT2D eigenvalue weighted by atomic mass is 19.4. The summed E-state index contributed by atoms with van der Waals surface area (Å²) >= 11 is 0. The number of halogens is 3. The topological polar surface area (TPSA) is 77.1 Å². The summed E-state index contributed by atoms with van der Waals surface area (Å²) in [7, 11) is 1.29. The van der Waals surface area contributed by atoms with Crippen LogP contribution >= 0.6 is 0 Å². The van der Waals surface area contributed by atoms with Gasteiger partial charge in [0.05, 0.1) is 32.8 Å². The van der Waals surface area contributed by atoms with E-state index < -0.39 is 6.36 Å². The number of anilines is 1. The monoisotopic (exact) mass is 376 g/mol. The molecule has 0 saturated carbocycles. The lowest BCUT2D eigenvalue weighted by Gasteiger charge is -2.31. The Labute approximate surface area is 148 Å². The number of rotatable bonds is 6. The molecule has 2 rings (SSSR count). The van der Waals surface area contributed by atoms with Crippen molar-refractivity contribution >= 4 is 17.6 Å². The second-order valence-electron chi connectivity index (χ2n) is 5.63. The molecule has 26 heavy (non-hydrogen) atoms. The van der Waals surface area contributed by atoms with Crippen molar-refractivity contribution < 1.29 is 37.0 Å². The lowest BCUT2D eigenvalue weighted by atomic mass is 10.2. The van der Waals surface area contributed by atoms with Crippen molar-refractivity contribution in [3.8, 4) is 5.75 Å². The number of nitrogens with zero attached hydrogens (tertiary/aromatic N) is 1. The molecular weight excluding hydrogens is 357 g/mol. The van der Waals surface area contributed by atoms with Gasteiger partial charge in [-0.25, -0.2) is 0 Å². The van der Waals surface area contributed by atoms with E-state index >= 15 is 0 Å². The van der Waals surface area contributed by atoms with Crippen LogP contribution in [0.15, 0.2) is 24.3 Å². The fourth-order valence-electron chi connectivity index (χ4n) is 2.46. The van der Waals surface area contributed by atoms with E-state index in [1.165, 1.54) is 19.2 Å². The van der Waals surface area contributed by atoms with E-state index in [4.69, 9.17) is 4.74 Å². The van der Waals surface area contributed by atoms with Gasteiger partial charge in [0, 0.05) is 18.8 Å². The average Bonchev–Trinajstić information content (AvgIpc) is 2.55. The molecule has 0 bridgehead atoms. The van der Waals surface area contributed by atoms with Crippen LogP contribution in [0, 0.1) is 0 Å². The van der Waals surface area contributed by atoms with Crippen LogP contribution in [0.3, 0.4) is 0 Å². The van der Waals surface area contributed by atoms with Crippen molar-refractivity contribution in [2.75, 3.05) is 38.7 Å². The number of morpholine rings is 1.